The smallest absolute Gasteiger partial charge is 0.268 e. The van der Waals surface area contributed by atoms with Crippen LogP contribution < -0.4 is 10.9 Å². The molecular formula is C21H20N2O2. The van der Waals surface area contributed by atoms with Gasteiger partial charge in [-0.3, -0.25) is 9.59 Å². The van der Waals surface area contributed by atoms with Gasteiger partial charge in [-0.05, 0) is 40.5 Å². The number of aromatic nitrogens is 1. The van der Waals surface area contributed by atoms with Crippen molar-refractivity contribution < 1.29 is 4.79 Å². The number of aromatic amines is 1. The first-order valence-corrected chi connectivity index (χ1v) is 8.48. The highest BCUT2D eigenvalue weighted by molar-refractivity contribution is 5.96. The maximum Gasteiger partial charge on any atom is 0.268 e. The number of fused-ring (bicyclic) bond motifs is 2. The molecule has 1 amide bonds. The minimum absolute atomic E-state index is 0.0192. The largest absolute Gasteiger partial charge is 0.344 e. The van der Waals surface area contributed by atoms with Crippen LogP contribution in [0.15, 0.2) is 59.4 Å². The van der Waals surface area contributed by atoms with Gasteiger partial charge in [0.05, 0.1) is 6.04 Å². The standard InChI is InChI=1S/C21H20N2O2/c1-21(2)12-18(15-9-5-6-10-16(15)21)23-20(25)17-11-13-7-3-4-8-14(13)19(24)22-17/h3-11,18H,12H2,1-2H3,(H,22,24)(H,23,25). The summed E-state index contributed by atoms with van der Waals surface area (Å²) in [6.07, 6.45) is 0.843. The average molecular weight is 332 g/mol. The van der Waals surface area contributed by atoms with Gasteiger partial charge < -0.3 is 10.3 Å². The highest BCUT2D eigenvalue weighted by atomic mass is 16.2. The number of nitrogens with one attached hydrogen (secondary N) is 2. The summed E-state index contributed by atoms with van der Waals surface area (Å²) >= 11 is 0. The van der Waals surface area contributed by atoms with Gasteiger partial charge in [-0.25, -0.2) is 0 Å². The zero-order chi connectivity index (χ0) is 17.6. The van der Waals surface area contributed by atoms with Crippen LogP contribution in [0.3, 0.4) is 0 Å². The molecule has 2 aromatic carbocycles. The molecule has 0 aliphatic heterocycles. The van der Waals surface area contributed by atoms with Crippen LogP contribution >= 0.6 is 0 Å². The third-order valence-corrected chi connectivity index (χ3v) is 5.08. The summed E-state index contributed by atoms with van der Waals surface area (Å²) in [5, 5.41) is 4.45. The molecular weight excluding hydrogens is 312 g/mol. The highest BCUT2D eigenvalue weighted by Crippen LogP contribution is 2.44. The number of rotatable bonds is 2. The molecule has 0 saturated heterocycles. The molecule has 126 valence electrons. The number of carbonyl (C=O) groups excluding carboxylic acids is 1. The molecule has 1 aromatic heterocycles. The van der Waals surface area contributed by atoms with E-state index in [1.807, 2.05) is 30.3 Å². The molecule has 1 unspecified atom stereocenters. The van der Waals surface area contributed by atoms with Crippen molar-refractivity contribution in [1.29, 1.82) is 0 Å². The van der Waals surface area contributed by atoms with Crippen molar-refractivity contribution in [3.63, 3.8) is 0 Å². The summed E-state index contributed by atoms with van der Waals surface area (Å²) in [5.74, 6) is -0.250. The zero-order valence-electron chi connectivity index (χ0n) is 14.3. The van der Waals surface area contributed by atoms with Gasteiger partial charge in [0.15, 0.2) is 0 Å². The van der Waals surface area contributed by atoms with E-state index in [9.17, 15) is 9.59 Å². The first-order valence-electron chi connectivity index (χ1n) is 8.48. The van der Waals surface area contributed by atoms with Gasteiger partial charge in [0.2, 0.25) is 0 Å². The molecule has 2 N–H and O–H groups in total. The van der Waals surface area contributed by atoms with Crippen LogP contribution in [0.25, 0.3) is 10.8 Å². The Hall–Kier alpha value is -2.88. The number of hydrogen-bond donors (Lipinski definition) is 2. The van der Waals surface area contributed by atoms with Crippen molar-refractivity contribution in [3.8, 4) is 0 Å². The Labute approximate surface area is 145 Å². The second-order valence-corrected chi connectivity index (χ2v) is 7.30. The molecule has 4 rings (SSSR count). The molecule has 1 aliphatic carbocycles. The van der Waals surface area contributed by atoms with E-state index in [1.165, 1.54) is 5.56 Å². The maximum atomic E-state index is 12.7. The van der Waals surface area contributed by atoms with Crippen LogP contribution in [-0.2, 0) is 5.41 Å². The monoisotopic (exact) mass is 332 g/mol. The molecule has 1 aliphatic rings. The van der Waals surface area contributed by atoms with E-state index < -0.39 is 0 Å². The summed E-state index contributed by atoms with van der Waals surface area (Å²) in [6.45, 7) is 4.38. The highest BCUT2D eigenvalue weighted by Gasteiger charge is 2.37. The Morgan fingerprint density at radius 2 is 1.84 bits per heavy atom. The normalized spacial score (nSPS) is 18.1. The number of H-pyrrole nitrogens is 1. The zero-order valence-corrected chi connectivity index (χ0v) is 14.3. The number of carbonyl (C=O) groups is 1. The van der Waals surface area contributed by atoms with Crippen molar-refractivity contribution >= 4 is 16.7 Å². The van der Waals surface area contributed by atoms with E-state index >= 15 is 0 Å². The number of benzene rings is 2. The van der Waals surface area contributed by atoms with Crippen molar-refractivity contribution in [2.75, 3.05) is 0 Å². The lowest BCUT2D eigenvalue weighted by atomic mass is 9.86. The first-order chi connectivity index (χ1) is 12.0. The Balaban J connectivity index is 1.67. The molecule has 0 bridgehead atoms. The molecule has 4 nitrogen and oxygen atoms in total. The SMILES string of the molecule is CC1(C)CC(NC(=O)c2cc3ccccc3c(=O)[nH]2)c2ccccc21. The summed E-state index contributed by atoms with van der Waals surface area (Å²) in [5.41, 5.74) is 2.50. The summed E-state index contributed by atoms with van der Waals surface area (Å²) in [7, 11) is 0. The summed E-state index contributed by atoms with van der Waals surface area (Å²) in [4.78, 5) is 27.6. The average Bonchev–Trinajstić information content (AvgIpc) is 2.86. The van der Waals surface area contributed by atoms with E-state index in [2.05, 4.69) is 36.3 Å². The Kier molecular flexibility index (Phi) is 3.49. The first kappa shape index (κ1) is 15.6. The van der Waals surface area contributed by atoms with Crippen LogP contribution in [0.2, 0.25) is 0 Å². The topological polar surface area (TPSA) is 62.0 Å². The molecule has 0 radical (unpaired) electrons. The minimum atomic E-state index is -0.250. The van der Waals surface area contributed by atoms with Crippen LogP contribution in [0.4, 0.5) is 0 Å². The predicted octanol–water partition coefficient (Wildman–Crippen LogP) is 3.68. The van der Waals surface area contributed by atoms with Gasteiger partial charge in [-0.2, -0.15) is 0 Å². The molecule has 0 spiro atoms. The molecule has 0 saturated carbocycles. The molecule has 1 atom stereocenters. The van der Waals surface area contributed by atoms with Gasteiger partial charge in [-0.1, -0.05) is 56.3 Å². The number of hydrogen-bond acceptors (Lipinski definition) is 2. The quantitative estimate of drug-likeness (QED) is 0.752. The fourth-order valence-electron chi connectivity index (χ4n) is 3.85. The van der Waals surface area contributed by atoms with Crippen molar-refractivity contribution in [1.82, 2.24) is 10.3 Å². The maximum absolute atomic E-state index is 12.7. The van der Waals surface area contributed by atoms with Gasteiger partial charge >= 0.3 is 0 Å². The van der Waals surface area contributed by atoms with E-state index in [1.54, 1.807) is 12.1 Å². The lowest BCUT2D eigenvalue weighted by Crippen LogP contribution is -2.30. The minimum Gasteiger partial charge on any atom is -0.344 e. The van der Waals surface area contributed by atoms with Crippen molar-refractivity contribution in [3.05, 3.63) is 81.8 Å². The van der Waals surface area contributed by atoms with Gasteiger partial charge in [0.25, 0.3) is 11.5 Å². The number of amides is 1. The Morgan fingerprint density at radius 1 is 1.12 bits per heavy atom. The van der Waals surface area contributed by atoms with E-state index in [4.69, 9.17) is 0 Å². The Bertz CT molecular complexity index is 1030. The second-order valence-electron chi connectivity index (χ2n) is 7.30. The van der Waals surface area contributed by atoms with Crippen molar-refractivity contribution in [2.45, 2.75) is 31.7 Å². The van der Waals surface area contributed by atoms with Crippen LogP contribution in [0, 0.1) is 0 Å². The lowest BCUT2D eigenvalue weighted by Gasteiger charge is -2.19. The molecule has 0 fully saturated rings. The van der Waals surface area contributed by atoms with Gasteiger partial charge in [0.1, 0.15) is 5.69 Å². The third kappa shape index (κ3) is 2.64. The third-order valence-electron chi connectivity index (χ3n) is 5.08. The number of pyridine rings is 1. The van der Waals surface area contributed by atoms with Crippen LogP contribution in [0.1, 0.15) is 47.9 Å². The molecule has 3 aromatic rings. The fourth-order valence-corrected chi connectivity index (χ4v) is 3.85. The molecule has 4 heteroatoms. The van der Waals surface area contributed by atoms with Crippen LogP contribution in [0.5, 0.6) is 0 Å². The summed E-state index contributed by atoms with van der Waals surface area (Å²) < 4.78 is 0. The van der Waals surface area contributed by atoms with Gasteiger partial charge in [0, 0.05) is 5.39 Å². The summed E-state index contributed by atoms with van der Waals surface area (Å²) in [6, 6.07) is 17.2. The second kappa shape index (κ2) is 5.59. The van der Waals surface area contributed by atoms with E-state index in [-0.39, 0.29) is 22.9 Å². The fraction of sp³-hybridized carbons (Fsp3) is 0.238. The molecule has 25 heavy (non-hydrogen) atoms. The van der Waals surface area contributed by atoms with Crippen LogP contribution in [-0.4, -0.2) is 10.9 Å². The molecule has 1 heterocycles. The van der Waals surface area contributed by atoms with E-state index in [0.29, 0.717) is 11.1 Å². The van der Waals surface area contributed by atoms with Gasteiger partial charge in [-0.15, -0.1) is 0 Å². The Morgan fingerprint density at radius 3 is 2.68 bits per heavy atom. The predicted molar refractivity (Wildman–Crippen MR) is 98.9 cm³/mol. The van der Waals surface area contributed by atoms with Crippen molar-refractivity contribution in [2.24, 2.45) is 0 Å². The lowest BCUT2D eigenvalue weighted by molar-refractivity contribution is 0.0929. The van der Waals surface area contributed by atoms with E-state index in [0.717, 1.165) is 17.4 Å².